The Balaban J connectivity index is 1.77. The van der Waals surface area contributed by atoms with Crippen molar-refractivity contribution < 1.29 is 23.5 Å². The van der Waals surface area contributed by atoms with Crippen molar-refractivity contribution >= 4 is 23.6 Å². The van der Waals surface area contributed by atoms with E-state index in [0.29, 0.717) is 37.6 Å². The molecule has 2 aromatic carbocycles. The maximum atomic E-state index is 14.0. The van der Waals surface area contributed by atoms with Crippen LogP contribution in [-0.2, 0) is 14.3 Å². The highest BCUT2D eigenvalue weighted by Crippen LogP contribution is 2.35. The summed E-state index contributed by atoms with van der Waals surface area (Å²) < 4.78 is 24.9. The number of hydrogen-bond donors (Lipinski definition) is 1. The minimum atomic E-state index is -0.503. The second kappa shape index (κ2) is 9.84. The molecule has 0 atom stereocenters. The second-order valence-electron chi connectivity index (χ2n) is 6.39. The fraction of sp³-hybridized carbons (Fsp3) is 0.273. The van der Waals surface area contributed by atoms with E-state index >= 15 is 0 Å². The molecule has 1 N–H and O–H groups in total. The molecule has 1 aliphatic heterocycles. The molecule has 0 saturated carbocycles. The third kappa shape index (κ3) is 5.20. The monoisotopic (exact) mass is 398 g/mol. The van der Waals surface area contributed by atoms with Crippen LogP contribution in [0, 0.1) is 5.82 Å². The Morgan fingerprint density at radius 1 is 1.21 bits per heavy atom. The van der Waals surface area contributed by atoms with Gasteiger partial charge in [0.15, 0.2) is 11.5 Å². The first kappa shape index (κ1) is 20.5. The Morgan fingerprint density at radius 3 is 2.76 bits per heavy atom. The number of nitrogens with zero attached hydrogens (tertiary/aromatic N) is 1. The summed E-state index contributed by atoms with van der Waals surface area (Å²) in [7, 11) is 0. The number of hydrogen-bond acceptors (Lipinski definition) is 4. The van der Waals surface area contributed by atoms with Crippen LogP contribution in [-0.4, -0.2) is 38.1 Å². The smallest absolute Gasteiger partial charge is 0.294 e. The highest BCUT2D eigenvalue weighted by molar-refractivity contribution is 6.12. The van der Waals surface area contributed by atoms with Gasteiger partial charge in [-0.2, -0.15) is 0 Å². The van der Waals surface area contributed by atoms with E-state index in [1.165, 1.54) is 17.0 Å². The number of halogens is 1. The molecule has 1 aliphatic rings. The summed E-state index contributed by atoms with van der Waals surface area (Å²) in [6.45, 7) is 3.39. The number of para-hydroxylation sites is 2. The number of fused-ring (bicyclic) bond motifs is 1. The molecule has 0 spiro atoms. The molecule has 2 amide bonds. The summed E-state index contributed by atoms with van der Waals surface area (Å²) in [5, 5.41) is 2.78. The summed E-state index contributed by atoms with van der Waals surface area (Å²) in [4.78, 5) is 26.7. The van der Waals surface area contributed by atoms with Gasteiger partial charge in [0.1, 0.15) is 12.4 Å². The lowest BCUT2D eigenvalue weighted by Gasteiger charge is -2.30. The molecular weight excluding hydrogens is 375 g/mol. The number of amides is 2. The van der Waals surface area contributed by atoms with E-state index in [9.17, 15) is 14.0 Å². The molecular formula is C22H23FN2O4. The van der Waals surface area contributed by atoms with Crippen LogP contribution in [0.25, 0.3) is 6.08 Å². The Morgan fingerprint density at radius 2 is 1.97 bits per heavy atom. The molecule has 0 unspecified atom stereocenters. The molecule has 2 aromatic rings. The Bertz CT molecular complexity index is 913. The highest BCUT2D eigenvalue weighted by atomic mass is 19.1. The third-order valence-corrected chi connectivity index (χ3v) is 4.32. The maximum absolute atomic E-state index is 14.0. The minimum Gasteiger partial charge on any atom is -0.449 e. The standard InChI is InChI=1S/C22H23FN2O4/c1-2-28-13-7-12-24-21(26)15-25-18-10-5-6-11-19(18)29-20(22(25)27)14-16-8-3-4-9-17(16)23/h3-6,8-11,14H,2,7,12-13,15H2,1H3,(H,24,26). The van der Waals surface area contributed by atoms with Gasteiger partial charge in [-0.1, -0.05) is 30.3 Å². The van der Waals surface area contributed by atoms with Gasteiger partial charge in [-0.25, -0.2) is 4.39 Å². The van der Waals surface area contributed by atoms with E-state index in [1.54, 1.807) is 42.5 Å². The molecule has 152 valence electrons. The lowest BCUT2D eigenvalue weighted by Crippen LogP contribution is -2.44. The lowest BCUT2D eigenvalue weighted by atomic mass is 10.1. The van der Waals surface area contributed by atoms with E-state index in [0.717, 1.165) is 0 Å². The number of nitrogens with one attached hydrogen (secondary N) is 1. The Hall–Kier alpha value is -3.19. The minimum absolute atomic E-state index is 0.0436. The zero-order valence-electron chi connectivity index (χ0n) is 16.2. The number of rotatable bonds is 8. The van der Waals surface area contributed by atoms with E-state index in [4.69, 9.17) is 9.47 Å². The molecule has 0 radical (unpaired) electrons. The first-order valence-corrected chi connectivity index (χ1v) is 9.49. The van der Waals surface area contributed by atoms with Crippen LogP contribution in [0.4, 0.5) is 10.1 Å². The Kier molecular flexibility index (Phi) is 6.97. The van der Waals surface area contributed by atoms with Crippen molar-refractivity contribution in [3.63, 3.8) is 0 Å². The predicted molar refractivity (Wildman–Crippen MR) is 108 cm³/mol. The zero-order valence-corrected chi connectivity index (χ0v) is 16.2. The number of anilines is 1. The zero-order chi connectivity index (χ0) is 20.6. The lowest BCUT2D eigenvalue weighted by molar-refractivity contribution is -0.123. The van der Waals surface area contributed by atoms with Crippen LogP contribution < -0.4 is 15.0 Å². The van der Waals surface area contributed by atoms with Crippen molar-refractivity contribution in [2.45, 2.75) is 13.3 Å². The van der Waals surface area contributed by atoms with Crippen LogP contribution in [0.3, 0.4) is 0 Å². The van der Waals surface area contributed by atoms with Gasteiger partial charge in [-0.15, -0.1) is 0 Å². The number of carbonyl (C=O) groups is 2. The molecule has 0 aromatic heterocycles. The van der Waals surface area contributed by atoms with Gasteiger partial charge >= 0.3 is 0 Å². The van der Waals surface area contributed by atoms with Crippen molar-refractivity contribution in [2.75, 3.05) is 31.2 Å². The fourth-order valence-corrected chi connectivity index (χ4v) is 2.90. The van der Waals surface area contributed by atoms with Crippen LogP contribution in [0.15, 0.2) is 54.3 Å². The maximum Gasteiger partial charge on any atom is 0.294 e. The first-order valence-electron chi connectivity index (χ1n) is 9.49. The molecule has 0 saturated heterocycles. The second-order valence-corrected chi connectivity index (χ2v) is 6.39. The molecule has 0 bridgehead atoms. The van der Waals surface area contributed by atoms with Crippen LogP contribution >= 0.6 is 0 Å². The largest absolute Gasteiger partial charge is 0.449 e. The molecule has 6 nitrogen and oxygen atoms in total. The predicted octanol–water partition coefficient (Wildman–Crippen LogP) is 3.14. The van der Waals surface area contributed by atoms with Gasteiger partial charge in [0.25, 0.3) is 5.91 Å². The quantitative estimate of drug-likeness (QED) is 0.548. The topological polar surface area (TPSA) is 67.9 Å². The summed E-state index contributed by atoms with van der Waals surface area (Å²) >= 11 is 0. The average Bonchev–Trinajstić information content (AvgIpc) is 2.72. The van der Waals surface area contributed by atoms with Gasteiger partial charge in [0.2, 0.25) is 5.91 Å². The average molecular weight is 398 g/mol. The fourth-order valence-electron chi connectivity index (χ4n) is 2.90. The van der Waals surface area contributed by atoms with Crippen LogP contribution in [0.1, 0.15) is 18.9 Å². The molecule has 0 fully saturated rings. The van der Waals surface area contributed by atoms with Gasteiger partial charge in [0, 0.05) is 25.3 Å². The third-order valence-electron chi connectivity index (χ3n) is 4.32. The van der Waals surface area contributed by atoms with Crippen LogP contribution in [0.2, 0.25) is 0 Å². The highest BCUT2D eigenvalue weighted by Gasteiger charge is 2.31. The van der Waals surface area contributed by atoms with Crippen molar-refractivity contribution in [2.24, 2.45) is 0 Å². The van der Waals surface area contributed by atoms with Crippen molar-refractivity contribution in [1.82, 2.24) is 5.32 Å². The summed E-state index contributed by atoms with van der Waals surface area (Å²) in [5.74, 6) is -0.876. The van der Waals surface area contributed by atoms with E-state index in [2.05, 4.69) is 5.32 Å². The van der Waals surface area contributed by atoms with Gasteiger partial charge < -0.3 is 14.8 Å². The SMILES string of the molecule is CCOCCCNC(=O)CN1C(=O)C(=Cc2ccccc2F)Oc2ccccc21. The van der Waals surface area contributed by atoms with E-state index < -0.39 is 11.7 Å². The summed E-state index contributed by atoms with van der Waals surface area (Å²) in [6, 6.07) is 13.0. The van der Waals surface area contributed by atoms with Gasteiger partial charge in [-0.05, 0) is 37.6 Å². The summed E-state index contributed by atoms with van der Waals surface area (Å²) in [6.07, 6.45) is 2.03. The van der Waals surface area contributed by atoms with Gasteiger partial charge in [0.05, 0.1) is 5.69 Å². The summed E-state index contributed by atoms with van der Waals surface area (Å²) in [5.41, 5.74) is 0.725. The molecule has 7 heteroatoms. The number of ether oxygens (including phenoxy) is 2. The van der Waals surface area contributed by atoms with Crippen molar-refractivity contribution in [1.29, 1.82) is 0 Å². The molecule has 0 aliphatic carbocycles. The number of benzene rings is 2. The van der Waals surface area contributed by atoms with Crippen molar-refractivity contribution in [3.05, 3.63) is 65.7 Å². The first-order chi connectivity index (χ1) is 14.1. The van der Waals surface area contributed by atoms with Crippen LogP contribution in [0.5, 0.6) is 5.75 Å². The molecule has 1 heterocycles. The van der Waals surface area contributed by atoms with Gasteiger partial charge in [-0.3, -0.25) is 14.5 Å². The van der Waals surface area contributed by atoms with E-state index in [1.807, 2.05) is 6.92 Å². The Labute approximate surface area is 168 Å². The molecule has 3 rings (SSSR count). The normalized spacial score (nSPS) is 14.5. The number of carbonyl (C=O) groups excluding carboxylic acids is 2. The molecule has 29 heavy (non-hydrogen) atoms. The van der Waals surface area contributed by atoms with Crippen molar-refractivity contribution in [3.8, 4) is 5.75 Å². The van der Waals surface area contributed by atoms with E-state index in [-0.39, 0.29) is 23.8 Å².